The molecule has 0 bridgehead atoms. The Bertz CT molecular complexity index is 1700. The van der Waals surface area contributed by atoms with E-state index in [9.17, 15) is 8.78 Å². The van der Waals surface area contributed by atoms with E-state index in [0.29, 0.717) is 55.0 Å². The van der Waals surface area contributed by atoms with Gasteiger partial charge in [-0.25, -0.2) is 28.7 Å². The molecule has 10 nitrogen and oxygen atoms in total. The van der Waals surface area contributed by atoms with Crippen LogP contribution in [0.1, 0.15) is 23.7 Å². The summed E-state index contributed by atoms with van der Waals surface area (Å²) in [7, 11) is 0. The molecule has 216 valence electrons. The van der Waals surface area contributed by atoms with Gasteiger partial charge < -0.3 is 14.8 Å². The van der Waals surface area contributed by atoms with Crippen molar-refractivity contribution in [2.24, 2.45) is 0 Å². The molecule has 6 rings (SSSR count). The zero-order chi connectivity index (χ0) is 29.1. The Kier molecular flexibility index (Phi) is 7.97. The van der Waals surface area contributed by atoms with Crippen LogP contribution in [0.5, 0.6) is 5.75 Å². The van der Waals surface area contributed by atoms with Gasteiger partial charge >= 0.3 is 0 Å². The lowest BCUT2D eigenvalue weighted by Gasteiger charge is -2.26. The molecule has 0 unspecified atom stereocenters. The Labute approximate surface area is 241 Å². The van der Waals surface area contributed by atoms with Gasteiger partial charge in [0.2, 0.25) is 0 Å². The maximum absolute atomic E-state index is 15.0. The molecule has 0 radical (unpaired) electrons. The van der Waals surface area contributed by atoms with E-state index in [1.807, 2.05) is 37.3 Å². The molecule has 1 N–H and O–H groups in total. The number of aryl methyl sites for hydroxylation is 1. The molecule has 42 heavy (non-hydrogen) atoms. The van der Waals surface area contributed by atoms with Crippen LogP contribution in [0, 0.1) is 18.6 Å². The van der Waals surface area contributed by atoms with Crippen molar-refractivity contribution in [3.8, 4) is 17.3 Å². The maximum Gasteiger partial charge on any atom is 0.183 e. The number of rotatable bonds is 9. The number of hydrogen-bond acceptors (Lipinski definition) is 9. The molecule has 0 atom stereocenters. The van der Waals surface area contributed by atoms with Crippen LogP contribution in [0.3, 0.4) is 0 Å². The number of halogens is 2. The Morgan fingerprint density at radius 3 is 2.57 bits per heavy atom. The topological polar surface area (TPSA) is 103 Å². The van der Waals surface area contributed by atoms with Crippen molar-refractivity contribution < 1.29 is 18.3 Å². The molecule has 4 heterocycles. The highest BCUT2D eigenvalue weighted by molar-refractivity contribution is 5.91. The number of anilines is 2. The minimum Gasteiger partial charge on any atom is -0.494 e. The molecule has 12 heteroatoms. The zero-order valence-electron chi connectivity index (χ0n) is 23.3. The van der Waals surface area contributed by atoms with Gasteiger partial charge in [-0.3, -0.25) is 9.58 Å². The molecule has 0 amide bonds. The minimum atomic E-state index is -0.699. The number of ether oxygens (including phenoxy) is 2. The van der Waals surface area contributed by atoms with Crippen LogP contribution in [0.2, 0.25) is 0 Å². The van der Waals surface area contributed by atoms with E-state index in [1.54, 1.807) is 17.8 Å². The number of nitrogens with one attached hydrogen (secondary N) is 1. The van der Waals surface area contributed by atoms with E-state index in [2.05, 4.69) is 20.2 Å². The summed E-state index contributed by atoms with van der Waals surface area (Å²) >= 11 is 0. The predicted octanol–water partition coefficient (Wildman–Crippen LogP) is 4.89. The van der Waals surface area contributed by atoms with Crippen LogP contribution in [-0.4, -0.2) is 67.5 Å². The quantitative estimate of drug-likeness (QED) is 0.264. The molecule has 3 aromatic heterocycles. The first-order chi connectivity index (χ1) is 20.5. The first-order valence-corrected chi connectivity index (χ1v) is 13.8. The van der Waals surface area contributed by atoms with Gasteiger partial charge in [-0.05, 0) is 19.9 Å². The fourth-order valence-electron chi connectivity index (χ4n) is 4.93. The van der Waals surface area contributed by atoms with Crippen LogP contribution < -0.4 is 10.1 Å². The van der Waals surface area contributed by atoms with Gasteiger partial charge in [-0.1, -0.05) is 18.2 Å². The minimum absolute atomic E-state index is 0.109. The van der Waals surface area contributed by atoms with Gasteiger partial charge in [-0.2, -0.15) is 5.10 Å². The van der Waals surface area contributed by atoms with Crippen LogP contribution in [0.4, 0.5) is 20.4 Å². The van der Waals surface area contributed by atoms with E-state index < -0.39 is 11.6 Å². The van der Waals surface area contributed by atoms with E-state index >= 15 is 0 Å². The predicted molar refractivity (Wildman–Crippen MR) is 154 cm³/mol. The van der Waals surface area contributed by atoms with Gasteiger partial charge in [0.1, 0.15) is 41.0 Å². The smallest absolute Gasteiger partial charge is 0.183 e. The summed E-state index contributed by atoms with van der Waals surface area (Å²) in [6.45, 7) is 7.37. The molecule has 1 fully saturated rings. The molecule has 1 aliphatic heterocycles. The number of morpholine rings is 1. The van der Waals surface area contributed by atoms with Crippen molar-refractivity contribution in [2.75, 3.05) is 38.2 Å². The molecule has 1 saturated heterocycles. The Balaban J connectivity index is 1.42. The summed E-state index contributed by atoms with van der Waals surface area (Å²) in [6, 6.07) is 11.8. The van der Waals surface area contributed by atoms with Crippen molar-refractivity contribution in [1.82, 2.24) is 34.6 Å². The lowest BCUT2D eigenvalue weighted by atomic mass is 10.1. The van der Waals surface area contributed by atoms with Gasteiger partial charge in [0.25, 0.3) is 0 Å². The van der Waals surface area contributed by atoms with Gasteiger partial charge in [0, 0.05) is 60.5 Å². The van der Waals surface area contributed by atoms with Crippen LogP contribution >= 0.6 is 0 Å². The normalized spacial score (nSPS) is 13.9. The maximum atomic E-state index is 15.0. The Hall–Kier alpha value is -4.55. The second-order valence-corrected chi connectivity index (χ2v) is 9.96. The zero-order valence-corrected chi connectivity index (χ0v) is 23.3. The lowest BCUT2D eigenvalue weighted by molar-refractivity contribution is 0.0336. The Morgan fingerprint density at radius 2 is 1.81 bits per heavy atom. The van der Waals surface area contributed by atoms with E-state index in [-0.39, 0.29) is 17.9 Å². The first-order valence-electron chi connectivity index (χ1n) is 13.8. The molecule has 0 spiro atoms. The second-order valence-electron chi connectivity index (χ2n) is 9.96. The summed E-state index contributed by atoms with van der Waals surface area (Å²) in [5.41, 5.74) is 2.74. The highest BCUT2D eigenvalue weighted by atomic mass is 19.1. The third-order valence-corrected chi connectivity index (χ3v) is 7.01. The molecule has 1 aliphatic rings. The standard InChI is InChI=1S/C30H30F2N8O2/c1-3-42-21-13-24(31)23(25(32)14-21)17-40-26-7-5-4-6-22(26)28(38-40)30-35-20(16-39-8-10-41-11-9-39)12-27(37-30)36-29-19(2)15-33-18-34-29/h4-7,12-15,18H,3,8-11,16-17H2,1-2H3,(H,33,34,35,36,37). The molecular weight excluding hydrogens is 542 g/mol. The lowest BCUT2D eigenvalue weighted by Crippen LogP contribution is -2.35. The fraction of sp³-hybridized carbons (Fsp3) is 0.300. The molecule has 5 aromatic rings. The number of hydrogen-bond donors (Lipinski definition) is 1. The van der Waals surface area contributed by atoms with E-state index in [4.69, 9.17) is 24.5 Å². The van der Waals surface area contributed by atoms with Crippen LogP contribution in [0.15, 0.2) is 55.0 Å². The summed E-state index contributed by atoms with van der Waals surface area (Å²) < 4.78 is 42.4. The third-order valence-electron chi connectivity index (χ3n) is 7.01. The van der Waals surface area contributed by atoms with Gasteiger partial charge in [0.15, 0.2) is 5.82 Å². The molecule has 2 aromatic carbocycles. The number of para-hydroxylation sites is 1. The summed E-state index contributed by atoms with van der Waals surface area (Å²) in [5, 5.41) is 8.84. The molecule has 0 saturated carbocycles. The van der Waals surface area contributed by atoms with Crippen LogP contribution in [-0.2, 0) is 17.8 Å². The number of aromatic nitrogens is 6. The first kappa shape index (κ1) is 27.6. The van der Waals surface area contributed by atoms with Crippen molar-refractivity contribution in [2.45, 2.75) is 26.9 Å². The van der Waals surface area contributed by atoms with Gasteiger partial charge in [0.05, 0.1) is 37.6 Å². The average molecular weight is 573 g/mol. The highest BCUT2D eigenvalue weighted by Crippen LogP contribution is 2.30. The summed E-state index contributed by atoms with van der Waals surface area (Å²) in [5.74, 6) is 0.311. The third kappa shape index (κ3) is 5.90. The second kappa shape index (κ2) is 12.1. The van der Waals surface area contributed by atoms with Crippen molar-refractivity contribution >= 4 is 22.5 Å². The highest BCUT2D eigenvalue weighted by Gasteiger charge is 2.21. The van der Waals surface area contributed by atoms with Crippen molar-refractivity contribution in [3.63, 3.8) is 0 Å². The largest absolute Gasteiger partial charge is 0.494 e. The number of fused-ring (bicyclic) bond motifs is 1. The summed E-state index contributed by atoms with van der Waals surface area (Å²) in [6.07, 6.45) is 3.20. The number of benzene rings is 2. The fourth-order valence-corrected chi connectivity index (χ4v) is 4.93. The molecular formula is C30H30F2N8O2. The summed E-state index contributed by atoms with van der Waals surface area (Å²) in [4.78, 5) is 20.4. The average Bonchev–Trinajstić information content (AvgIpc) is 3.35. The van der Waals surface area contributed by atoms with E-state index in [1.165, 1.54) is 18.5 Å². The van der Waals surface area contributed by atoms with Crippen molar-refractivity contribution in [1.29, 1.82) is 0 Å². The monoisotopic (exact) mass is 572 g/mol. The van der Waals surface area contributed by atoms with E-state index in [0.717, 1.165) is 29.7 Å². The van der Waals surface area contributed by atoms with Crippen molar-refractivity contribution in [3.05, 3.63) is 83.4 Å². The number of nitrogens with zero attached hydrogens (tertiary/aromatic N) is 7. The molecule has 0 aliphatic carbocycles. The Morgan fingerprint density at radius 1 is 1.02 bits per heavy atom. The van der Waals surface area contributed by atoms with Gasteiger partial charge in [-0.15, -0.1) is 0 Å². The van der Waals surface area contributed by atoms with Crippen LogP contribution in [0.25, 0.3) is 22.4 Å². The SMILES string of the molecule is CCOc1cc(F)c(Cn2nc(-c3nc(CN4CCOCC4)cc(Nc4ncncc4C)n3)c3ccccc32)c(F)c1.